The van der Waals surface area contributed by atoms with Crippen LogP contribution in [0.25, 0.3) is 0 Å². The average Bonchev–Trinajstić information content (AvgIpc) is 2.25. The van der Waals surface area contributed by atoms with E-state index in [1.807, 2.05) is 6.92 Å². The van der Waals surface area contributed by atoms with Crippen molar-refractivity contribution in [3.05, 3.63) is 0 Å². The van der Waals surface area contributed by atoms with E-state index in [0.717, 1.165) is 6.42 Å². The lowest BCUT2D eigenvalue weighted by Gasteiger charge is -2.32. The molecule has 0 saturated heterocycles. The molecule has 114 valence electrons. The van der Waals surface area contributed by atoms with Crippen LogP contribution in [0.5, 0.6) is 0 Å². The summed E-state index contributed by atoms with van der Waals surface area (Å²) >= 11 is 0. The number of nitrogens with one attached hydrogen (secondary N) is 1. The number of halogens is 3. The van der Waals surface area contributed by atoms with Crippen molar-refractivity contribution in [1.29, 1.82) is 0 Å². The fourth-order valence-corrected chi connectivity index (χ4v) is 3.30. The first kappa shape index (κ1) is 16.8. The summed E-state index contributed by atoms with van der Waals surface area (Å²) in [6.45, 7) is 1.82. The summed E-state index contributed by atoms with van der Waals surface area (Å²) in [5.41, 5.74) is 0. The van der Waals surface area contributed by atoms with Crippen LogP contribution in [-0.4, -0.2) is 38.7 Å². The van der Waals surface area contributed by atoms with E-state index < -0.39 is 21.9 Å². The monoisotopic (exact) mass is 301 g/mol. The molecule has 0 spiro atoms. The smallest absolute Gasteiger partial charge is 0.311 e. The molecule has 1 aliphatic rings. The van der Waals surface area contributed by atoms with Gasteiger partial charge >= 0.3 is 6.18 Å². The van der Waals surface area contributed by atoms with Crippen LogP contribution in [0.2, 0.25) is 0 Å². The van der Waals surface area contributed by atoms with Crippen LogP contribution in [0.3, 0.4) is 0 Å². The molecule has 0 radical (unpaired) electrons. The zero-order chi connectivity index (χ0) is 14.7. The molecule has 0 amide bonds. The minimum absolute atomic E-state index is 0.0661. The molecule has 1 saturated carbocycles. The number of sulfone groups is 1. The lowest BCUT2D eigenvalue weighted by Crippen LogP contribution is -2.43. The fraction of sp³-hybridized carbons (Fsp3) is 1.00. The predicted octanol–water partition coefficient (Wildman–Crippen LogP) is 2.52. The van der Waals surface area contributed by atoms with E-state index in [2.05, 4.69) is 5.32 Å². The third kappa shape index (κ3) is 6.61. The number of hydrogen-bond acceptors (Lipinski definition) is 3. The molecule has 0 aromatic heterocycles. The lowest BCUT2D eigenvalue weighted by atomic mass is 9.85. The SMILES string of the molecule is C[C@H](CCS(C)(=O)=O)N[C@@H]1CCC[C@H](C(F)(F)F)C1. The molecule has 0 aromatic carbocycles. The second-order valence-electron chi connectivity index (χ2n) is 5.59. The highest BCUT2D eigenvalue weighted by Gasteiger charge is 2.42. The van der Waals surface area contributed by atoms with Gasteiger partial charge in [0, 0.05) is 18.3 Å². The summed E-state index contributed by atoms with van der Waals surface area (Å²) in [4.78, 5) is 0. The summed E-state index contributed by atoms with van der Waals surface area (Å²) in [6, 6.07) is -0.235. The van der Waals surface area contributed by atoms with Crippen molar-refractivity contribution in [2.45, 2.75) is 57.3 Å². The molecule has 1 rings (SSSR count). The number of hydrogen-bond donors (Lipinski definition) is 1. The largest absolute Gasteiger partial charge is 0.391 e. The van der Waals surface area contributed by atoms with Crippen LogP contribution >= 0.6 is 0 Å². The van der Waals surface area contributed by atoms with Gasteiger partial charge in [-0.1, -0.05) is 6.42 Å². The summed E-state index contributed by atoms with van der Waals surface area (Å²) < 4.78 is 60.0. The molecule has 0 aliphatic heterocycles. The van der Waals surface area contributed by atoms with Gasteiger partial charge in [-0.3, -0.25) is 0 Å². The van der Waals surface area contributed by atoms with Gasteiger partial charge in [0.15, 0.2) is 0 Å². The van der Waals surface area contributed by atoms with Crippen molar-refractivity contribution >= 4 is 9.84 Å². The first-order chi connectivity index (χ1) is 8.58. The Morgan fingerprint density at radius 2 is 1.95 bits per heavy atom. The van der Waals surface area contributed by atoms with Crippen LogP contribution in [-0.2, 0) is 9.84 Å². The first-order valence-corrected chi connectivity index (χ1v) is 8.64. The number of alkyl halides is 3. The quantitative estimate of drug-likeness (QED) is 0.849. The van der Waals surface area contributed by atoms with Crippen LogP contribution in [0.4, 0.5) is 13.2 Å². The maximum atomic E-state index is 12.6. The molecule has 1 N–H and O–H groups in total. The molecule has 1 aliphatic carbocycles. The van der Waals surface area contributed by atoms with Crippen molar-refractivity contribution in [2.24, 2.45) is 5.92 Å². The fourth-order valence-electron chi connectivity index (χ4n) is 2.52. The van der Waals surface area contributed by atoms with E-state index in [1.54, 1.807) is 0 Å². The summed E-state index contributed by atoms with van der Waals surface area (Å²) in [7, 11) is -3.01. The Labute approximate surface area is 112 Å². The topological polar surface area (TPSA) is 46.2 Å². The van der Waals surface area contributed by atoms with Crippen molar-refractivity contribution in [3.63, 3.8) is 0 Å². The van der Waals surface area contributed by atoms with Crippen LogP contribution in [0, 0.1) is 5.92 Å². The first-order valence-electron chi connectivity index (χ1n) is 6.58. The van der Waals surface area contributed by atoms with E-state index in [0.29, 0.717) is 12.8 Å². The molecule has 0 heterocycles. The maximum absolute atomic E-state index is 12.6. The summed E-state index contributed by atoms with van der Waals surface area (Å²) in [6.07, 6.45) is -0.898. The zero-order valence-electron chi connectivity index (χ0n) is 11.3. The molecular formula is C12H22F3NO2S. The van der Waals surface area contributed by atoms with Gasteiger partial charge in [0.25, 0.3) is 0 Å². The second-order valence-corrected chi connectivity index (χ2v) is 7.85. The van der Waals surface area contributed by atoms with E-state index >= 15 is 0 Å². The molecule has 0 unspecified atom stereocenters. The highest BCUT2D eigenvalue weighted by molar-refractivity contribution is 7.90. The van der Waals surface area contributed by atoms with Gasteiger partial charge in [0.05, 0.1) is 11.7 Å². The lowest BCUT2D eigenvalue weighted by molar-refractivity contribution is -0.183. The van der Waals surface area contributed by atoms with E-state index in [4.69, 9.17) is 0 Å². The minimum Gasteiger partial charge on any atom is -0.311 e. The highest BCUT2D eigenvalue weighted by atomic mass is 32.2. The van der Waals surface area contributed by atoms with Crippen LogP contribution in [0.15, 0.2) is 0 Å². The molecule has 19 heavy (non-hydrogen) atoms. The summed E-state index contributed by atoms with van der Waals surface area (Å²) in [5, 5.41) is 3.13. The van der Waals surface area contributed by atoms with Gasteiger partial charge in [0.1, 0.15) is 9.84 Å². The Bertz CT molecular complexity index is 381. The van der Waals surface area contributed by atoms with Crippen molar-refractivity contribution < 1.29 is 21.6 Å². The van der Waals surface area contributed by atoms with Crippen molar-refractivity contribution in [1.82, 2.24) is 5.32 Å². The number of rotatable bonds is 5. The van der Waals surface area contributed by atoms with Crippen LogP contribution in [0.1, 0.15) is 39.0 Å². The van der Waals surface area contributed by atoms with Gasteiger partial charge in [-0.15, -0.1) is 0 Å². The second kappa shape index (κ2) is 6.43. The van der Waals surface area contributed by atoms with Crippen LogP contribution < -0.4 is 5.32 Å². The third-order valence-electron chi connectivity index (χ3n) is 3.58. The summed E-state index contributed by atoms with van der Waals surface area (Å²) in [5.74, 6) is -1.16. The molecule has 3 atom stereocenters. The minimum atomic E-state index is -4.11. The standard InChI is InChI=1S/C12H22F3NO2S/c1-9(6-7-19(2,17)18)16-11-5-3-4-10(8-11)12(13,14)15/h9-11,16H,3-8H2,1-2H3/t9-,10+,11-/m1/s1. The highest BCUT2D eigenvalue weighted by Crippen LogP contribution is 2.37. The van der Waals surface area contributed by atoms with E-state index in [1.165, 1.54) is 6.26 Å². The van der Waals surface area contributed by atoms with Gasteiger partial charge in [-0.2, -0.15) is 13.2 Å². The normalized spacial score (nSPS) is 27.2. The Hall–Kier alpha value is -0.300. The Balaban J connectivity index is 2.40. The maximum Gasteiger partial charge on any atom is 0.391 e. The van der Waals surface area contributed by atoms with Gasteiger partial charge < -0.3 is 5.32 Å². The molecule has 3 nitrogen and oxygen atoms in total. The zero-order valence-corrected chi connectivity index (χ0v) is 12.1. The third-order valence-corrected chi connectivity index (χ3v) is 4.56. The molecular weight excluding hydrogens is 279 g/mol. The van der Waals surface area contributed by atoms with Gasteiger partial charge in [0.2, 0.25) is 0 Å². The van der Waals surface area contributed by atoms with Gasteiger partial charge in [-0.05, 0) is 32.6 Å². The Morgan fingerprint density at radius 3 is 2.47 bits per heavy atom. The molecule has 0 aromatic rings. The van der Waals surface area contributed by atoms with Crippen molar-refractivity contribution in [2.75, 3.05) is 12.0 Å². The average molecular weight is 301 g/mol. The Morgan fingerprint density at radius 1 is 1.32 bits per heavy atom. The van der Waals surface area contributed by atoms with Crippen molar-refractivity contribution in [3.8, 4) is 0 Å². The van der Waals surface area contributed by atoms with E-state index in [9.17, 15) is 21.6 Å². The predicted molar refractivity (Wildman–Crippen MR) is 68.7 cm³/mol. The van der Waals surface area contributed by atoms with Gasteiger partial charge in [-0.25, -0.2) is 8.42 Å². The Kier molecular flexibility index (Phi) is 5.67. The molecule has 1 fully saturated rings. The molecule has 7 heteroatoms. The molecule has 0 bridgehead atoms. The van der Waals surface area contributed by atoms with E-state index in [-0.39, 0.29) is 30.7 Å².